The summed E-state index contributed by atoms with van der Waals surface area (Å²) in [5.41, 5.74) is 2.47. The zero-order chi connectivity index (χ0) is 19.1. The first-order valence-corrected chi connectivity index (χ1v) is 9.00. The lowest BCUT2D eigenvalue weighted by atomic mass is 10.2. The molecule has 2 N–H and O–H groups in total. The second-order valence-corrected chi connectivity index (χ2v) is 6.72. The molecule has 0 saturated carbocycles. The number of benzene rings is 2. The minimum atomic E-state index is -0.537. The van der Waals surface area contributed by atoms with Gasteiger partial charge in [0.25, 0.3) is 5.69 Å². The number of amides is 2. The molecule has 0 aromatic heterocycles. The first kappa shape index (κ1) is 19.5. The van der Waals surface area contributed by atoms with Gasteiger partial charge in [-0.2, -0.15) is 0 Å². The molecule has 8 heteroatoms. The number of thioether (sulfide) groups is 1. The number of carbonyl (C=O) groups is 2. The highest BCUT2D eigenvalue weighted by Gasteiger charge is 2.16. The third-order valence-electron chi connectivity index (χ3n) is 3.39. The Morgan fingerprint density at radius 2 is 1.65 bits per heavy atom. The summed E-state index contributed by atoms with van der Waals surface area (Å²) in [6.45, 7) is 3.67. The molecule has 136 valence electrons. The van der Waals surface area contributed by atoms with E-state index in [1.807, 2.05) is 25.1 Å². The summed E-state index contributed by atoms with van der Waals surface area (Å²) in [6, 6.07) is 12.0. The Labute approximate surface area is 155 Å². The van der Waals surface area contributed by atoms with Gasteiger partial charge in [-0.15, -0.1) is 11.8 Å². The number of carbonyl (C=O) groups excluding carboxylic acids is 2. The summed E-state index contributed by atoms with van der Waals surface area (Å²) >= 11 is 1.14. The van der Waals surface area contributed by atoms with Gasteiger partial charge in [-0.05, 0) is 43.2 Å². The van der Waals surface area contributed by atoms with Crippen LogP contribution in [0.15, 0.2) is 42.5 Å². The highest BCUT2D eigenvalue weighted by molar-refractivity contribution is 8.00. The quantitative estimate of drug-likeness (QED) is 0.571. The van der Waals surface area contributed by atoms with E-state index in [2.05, 4.69) is 10.6 Å². The van der Waals surface area contributed by atoms with Crippen molar-refractivity contribution in [2.45, 2.75) is 13.8 Å². The number of hydrogen-bond donors (Lipinski definition) is 2. The number of nitrogens with zero attached hydrogens (tertiary/aromatic N) is 1. The van der Waals surface area contributed by atoms with Gasteiger partial charge in [0, 0.05) is 11.8 Å². The lowest BCUT2D eigenvalue weighted by molar-refractivity contribution is -0.384. The van der Waals surface area contributed by atoms with Crippen LogP contribution in [0, 0.1) is 24.0 Å². The largest absolute Gasteiger partial charge is 0.325 e. The molecule has 0 spiro atoms. The van der Waals surface area contributed by atoms with Crippen molar-refractivity contribution in [3.05, 3.63) is 63.7 Å². The molecule has 26 heavy (non-hydrogen) atoms. The molecule has 0 aliphatic carbocycles. The van der Waals surface area contributed by atoms with Gasteiger partial charge in [0.1, 0.15) is 5.69 Å². The molecule has 0 saturated heterocycles. The molecule has 0 heterocycles. The van der Waals surface area contributed by atoms with Crippen LogP contribution >= 0.6 is 11.8 Å². The van der Waals surface area contributed by atoms with Gasteiger partial charge in [0.2, 0.25) is 11.8 Å². The average Bonchev–Trinajstić information content (AvgIpc) is 2.56. The zero-order valence-corrected chi connectivity index (χ0v) is 15.3. The molecular formula is C18H19N3O4S. The summed E-state index contributed by atoms with van der Waals surface area (Å²) < 4.78 is 0. The number of anilines is 2. The minimum absolute atomic E-state index is 0.0201. The van der Waals surface area contributed by atoms with Crippen LogP contribution in [-0.2, 0) is 9.59 Å². The summed E-state index contributed by atoms with van der Waals surface area (Å²) in [4.78, 5) is 34.4. The van der Waals surface area contributed by atoms with Gasteiger partial charge < -0.3 is 10.6 Å². The molecule has 0 unspecified atom stereocenters. The van der Waals surface area contributed by atoms with E-state index < -0.39 is 10.8 Å². The Balaban J connectivity index is 1.82. The van der Waals surface area contributed by atoms with Crippen molar-refractivity contribution in [1.82, 2.24) is 0 Å². The normalized spacial score (nSPS) is 10.2. The Hall–Kier alpha value is -2.87. The lowest BCUT2D eigenvalue weighted by Crippen LogP contribution is -2.19. The standard InChI is InChI=1S/C18H19N3O4S/c1-12-4-3-5-14(8-12)19-17(22)10-26-11-18(23)20-15-7-6-13(2)9-16(15)21(24)25/h3-9H,10-11H2,1-2H3,(H,19,22)(H,20,23). The Morgan fingerprint density at radius 3 is 2.31 bits per heavy atom. The topological polar surface area (TPSA) is 101 Å². The first-order chi connectivity index (χ1) is 12.3. The maximum absolute atomic E-state index is 12.0. The molecular weight excluding hydrogens is 354 g/mol. The highest BCUT2D eigenvalue weighted by atomic mass is 32.2. The van der Waals surface area contributed by atoms with Crippen molar-refractivity contribution < 1.29 is 14.5 Å². The number of nitrogens with one attached hydrogen (secondary N) is 2. The minimum Gasteiger partial charge on any atom is -0.325 e. The molecule has 0 atom stereocenters. The van der Waals surface area contributed by atoms with Crippen LogP contribution in [0.1, 0.15) is 11.1 Å². The van der Waals surface area contributed by atoms with Crippen LogP contribution in [0.3, 0.4) is 0 Å². The summed E-state index contributed by atoms with van der Waals surface area (Å²) in [5, 5.41) is 16.3. The van der Waals surface area contributed by atoms with E-state index in [1.54, 1.807) is 19.1 Å². The fraction of sp³-hybridized carbons (Fsp3) is 0.222. The third-order valence-corrected chi connectivity index (χ3v) is 4.32. The maximum Gasteiger partial charge on any atom is 0.293 e. The molecule has 0 aliphatic heterocycles. The second-order valence-electron chi connectivity index (χ2n) is 5.74. The van der Waals surface area contributed by atoms with Gasteiger partial charge in [-0.3, -0.25) is 19.7 Å². The predicted octanol–water partition coefficient (Wildman–Crippen LogP) is 3.52. The maximum atomic E-state index is 12.0. The zero-order valence-electron chi connectivity index (χ0n) is 14.4. The van der Waals surface area contributed by atoms with E-state index in [-0.39, 0.29) is 28.8 Å². The second kappa shape index (κ2) is 9.00. The van der Waals surface area contributed by atoms with Crippen LogP contribution in [0.2, 0.25) is 0 Å². The molecule has 0 radical (unpaired) electrons. The van der Waals surface area contributed by atoms with Crippen molar-refractivity contribution in [2.75, 3.05) is 22.1 Å². The molecule has 0 bridgehead atoms. The molecule has 7 nitrogen and oxygen atoms in total. The average molecular weight is 373 g/mol. The molecule has 2 amide bonds. The van der Waals surface area contributed by atoms with Crippen LogP contribution < -0.4 is 10.6 Å². The fourth-order valence-corrected chi connectivity index (χ4v) is 2.86. The van der Waals surface area contributed by atoms with Crippen molar-refractivity contribution in [2.24, 2.45) is 0 Å². The third kappa shape index (κ3) is 5.89. The SMILES string of the molecule is Cc1cccc(NC(=O)CSCC(=O)Nc2ccc(C)cc2[N+](=O)[O-])c1. The first-order valence-electron chi connectivity index (χ1n) is 7.84. The monoisotopic (exact) mass is 373 g/mol. The van der Waals surface area contributed by atoms with Gasteiger partial charge >= 0.3 is 0 Å². The van der Waals surface area contributed by atoms with Crippen molar-refractivity contribution >= 4 is 40.6 Å². The molecule has 2 rings (SSSR count). The molecule has 0 fully saturated rings. The number of rotatable bonds is 7. The van der Waals surface area contributed by atoms with E-state index in [0.29, 0.717) is 5.69 Å². The number of hydrogen-bond acceptors (Lipinski definition) is 5. The van der Waals surface area contributed by atoms with Crippen molar-refractivity contribution in [1.29, 1.82) is 0 Å². The van der Waals surface area contributed by atoms with E-state index in [4.69, 9.17) is 0 Å². The molecule has 2 aromatic rings. The van der Waals surface area contributed by atoms with Crippen LogP contribution in [0.5, 0.6) is 0 Å². The van der Waals surface area contributed by atoms with Crippen molar-refractivity contribution in [3.8, 4) is 0 Å². The van der Waals surface area contributed by atoms with E-state index in [1.165, 1.54) is 12.1 Å². The Morgan fingerprint density at radius 1 is 1.00 bits per heavy atom. The van der Waals surface area contributed by atoms with Gasteiger partial charge in [-0.25, -0.2) is 0 Å². The molecule has 2 aromatic carbocycles. The van der Waals surface area contributed by atoms with Crippen molar-refractivity contribution in [3.63, 3.8) is 0 Å². The molecule has 0 aliphatic rings. The van der Waals surface area contributed by atoms with Crippen LogP contribution in [-0.4, -0.2) is 28.2 Å². The number of nitro benzene ring substituents is 1. The smallest absolute Gasteiger partial charge is 0.293 e. The predicted molar refractivity (Wildman–Crippen MR) is 104 cm³/mol. The fourth-order valence-electron chi connectivity index (χ4n) is 2.24. The lowest BCUT2D eigenvalue weighted by Gasteiger charge is -2.07. The van der Waals surface area contributed by atoms with Gasteiger partial charge in [0.05, 0.1) is 16.4 Å². The van der Waals surface area contributed by atoms with E-state index in [9.17, 15) is 19.7 Å². The van der Waals surface area contributed by atoms with Crippen LogP contribution in [0.4, 0.5) is 17.1 Å². The number of nitro groups is 1. The van der Waals surface area contributed by atoms with Crippen LogP contribution in [0.25, 0.3) is 0 Å². The van der Waals surface area contributed by atoms with E-state index in [0.717, 1.165) is 22.9 Å². The van der Waals surface area contributed by atoms with Gasteiger partial charge in [0.15, 0.2) is 0 Å². The summed E-state index contributed by atoms with van der Waals surface area (Å²) in [7, 11) is 0. The Kier molecular flexibility index (Phi) is 6.74. The van der Waals surface area contributed by atoms with Gasteiger partial charge in [-0.1, -0.05) is 18.2 Å². The Bertz CT molecular complexity index is 839. The van der Waals surface area contributed by atoms with E-state index >= 15 is 0 Å². The summed E-state index contributed by atoms with van der Waals surface area (Å²) in [6.07, 6.45) is 0. The summed E-state index contributed by atoms with van der Waals surface area (Å²) in [5.74, 6) is -0.482. The number of aryl methyl sites for hydroxylation is 2. The highest BCUT2D eigenvalue weighted by Crippen LogP contribution is 2.25.